The Morgan fingerprint density at radius 1 is 0.950 bits per heavy atom. The summed E-state index contributed by atoms with van der Waals surface area (Å²) in [5.41, 5.74) is 3.42. The first-order chi connectivity index (χ1) is 9.78. The molecule has 0 unspecified atom stereocenters. The SMILES string of the molecule is Cc1ccc(COCc2cccc(OCCF)c2)cc1. The summed E-state index contributed by atoms with van der Waals surface area (Å²) >= 11 is 0. The minimum Gasteiger partial charge on any atom is -0.491 e. The number of halogens is 1. The van der Waals surface area contributed by atoms with Crippen molar-refractivity contribution in [3.8, 4) is 5.75 Å². The average molecular weight is 274 g/mol. The van der Waals surface area contributed by atoms with E-state index < -0.39 is 6.67 Å². The van der Waals surface area contributed by atoms with Gasteiger partial charge in [0.2, 0.25) is 0 Å². The fourth-order valence-corrected chi connectivity index (χ4v) is 1.85. The van der Waals surface area contributed by atoms with Crippen molar-refractivity contribution in [2.75, 3.05) is 13.3 Å². The number of alkyl halides is 1. The molecule has 20 heavy (non-hydrogen) atoms. The van der Waals surface area contributed by atoms with Crippen LogP contribution in [-0.4, -0.2) is 13.3 Å². The topological polar surface area (TPSA) is 18.5 Å². The van der Waals surface area contributed by atoms with Gasteiger partial charge in [0.15, 0.2) is 0 Å². The van der Waals surface area contributed by atoms with Crippen molar-refractivity contribution in [1.82, 2.24) is 0 Å². The largest absolute Gasteiger partial charge is 0.491 e. The summed E-state index contributed by atoms with van der Waals surface area (Å²) in [6.45, 7) is 2.77. The number of rotatable bonds is 7. The van der Waals surface area contributed by atoms with Gasteiger partial charge in [0.05, 0.1) is 13.2 Å². The highest BCUT2D eigenvalue weighted by Gasteiger charge is 1.99. The standard InChI is InChI=1S/C17H19FO2/c1-14-5-7-15(8-6-14)12-19-13-16-3-2-4-17(11-16)20-10-9-18/h2-8,11H,9-10,12-13H2,1H3. The molecule has 106 valence electrons. The molecule has 2 aromatic carbocycles. The molecule has 2 rings (SSSR count). The van der Waals surface area contributed by atoms with Crippen molar-refractivity contribution in [2.24, 2.45) is 0 Å². The molecule has 0 saturated carbocycles. The van der Waals surface area contributed by atoms with Crippen LogP contribution in [0.15, 0.2) is 48.5 Å². The zero-order valence-electron chi connectivity index (χ0n) is 11.6. The maximum atomic E-state index is 12.0. The van der Waals surface area contributed by atoms with Crippen molar-refractivity contribution in [3.05, 3.63) is 65.2 Å². The van der Waals surface area contributed by atoms with E-state index in [1.54, 1.807) is 0 Å². The zero-order valence-corrected chi connectivity index (χ0v) is 11.6. The van der Waals surface area contributed by atoms with Crippen molar-refractivity contribution in [2.45, 2.75) is 20.1 Å². The number of hydrogen-bond donors (Lipinski definition) is 0. The van der Waals surface area contributed by atoms with E-state index in [0.717, 1.165) is 11.1 Å². The van der Waals surface area contributed by atoms with Crippen LogP contribution in [0.2, 0.25) is 0 Å². The third kappa shape index (κ3) is 4.67. The summed E-state index contributed by atoms with van der Waals surface area (Å²) in [6, 6.07) is 15.8. The second-order valence-corrected chi connectivity index (χ2v) is 4.66. The predicted octanol–water partition coefficient (Wildman–Crippen LogP) is 4.06. The highest BCUT2D eigenvalue weighted by atomic mass is 19.1. The third-order valence-corrected chi connectivity index (χ3v) is 2.90. The van der Waals surface area contributed by atoms with Crippen LogP contribution >= 0.6 is 0 Å². The van der Waals surface area contributed by atoms with Gasteiger partial charge in [-0.2, -0.15) is 0 Å². The Balaban J connectivity index is 1.82. The molecule has 0 atom stereocenters. The van der Waals surface area contributed by atoms with Crippen LogP contribution in [0, 0.1) is 6.92 Å². The molecule has 0 radical (unpaired) electrons. The van der Waals surface area contributed by atoms with Gasteiger partial charge in [-0.15, -0.1) is 0 Å². The van der Waals surface area contributed by atoms with Crippen molar-refractivity contribution in [3.63, 3.8) is 0 Å². The number of hydrogen-bond acceptors (Lipinski definition) is 2. The molecule has 0 bridgehead atoms. The molecule has 0 aliphatic carbocycles. The molecule has 0 aromatic heterocycles. The Morgan fingerprint density at radius 2 is 1.70 bits per heavy atom. The summed E-state index contributed by atoms with van der Waals surface area (Å²) in [5.74, 6) is 0.680. The molecule has 0 N–H and O–H groups in total. The quantitative estimate of drug-likeness (QED) is 0.758. The van der Waals surface area contributed by atoms with Crippen LogP contribution in [0.1, 0.15) is 16.7 Å². The predicted molar refractivity (Wildman–Crippen MR) is 77.6 cm³/mol. The molecular weight excluding hydrogens is 255 g/mol. The Kier molecular flexibility index (Phi) is 5.56. The summed E-state index contributed by atoms with van der Waals surface area (Å²) in [5, 5.41) is 0. The van der Waals surface area contributed by atoms with Crippen LogP contribution in [-0.2, 0) is 18.0 Å². The zero-order chi connectivity index (χ0) is 14.2. The number of aryl methyl sites for hydroxylation is 1. The maximum absolute atomic E-state index is 12.0. The maximum Gasteiger partial charge on any atom is 0.123 e. The molecule has 3 heteroatoms. The van der Waals surface area contributed by atoms with E-state index in [1.165, 1.54) is 5.56 Å². The van der Waals surface area contributed by atoms with Gasteiger partial charge in [0.25, 0.3) is 0 Å². The van der Waals surface area contributed by atoms with Gasteiger partial charge in [-0.05, 0) is 30.2 Å². The second kappa shape index (κ2) is 7.65. The molecule has 0 aliphatic rings. The van der Waals surface area contributed by atoms with E-state index in [0.29, 0.717) is 19.0 Å². The lowest BCUT2D eigenvalue weighted by atomic mass is 10.2. The first-order valence-electron chi connectivity index (χ1n) is 6.69. The first kappa shape index (κ1) is 14.5. The van der Waals surface area contributed by atoms with Crippen LogP contribution in [0.5, 0.6) is 5.75 Å². The molecule has 0 heterocycles. The van der Waals surface area contributed by atoms with E-state index >= 15 is 0 Å². The molecule has 0 fully saturated rings. The van der Waals surface area contributed by atoms with Gasteiger partial charge >= 0.3 is 0 Å². The molecule has 0 spiro atoms. The van der Waals surface area contributed by atoms with Crippen molar-refractivity contribution in [1.29, 1.82) is 0 Å². The minimum absolute atomic E-state index is 0.0909. The van der Waals surface area contributed by atoms with Crippen LogP contribution in [0.3, 0.4) is 0 Å². The van der Waals surface area contributed by atoms with Crippen LogP contribution < -0.4 is 4.74 Å². The van der Waals surface area contributed by atoms with E-state index in [-0.39, 0.29) is 6.61 Å². The van der Waals surface area contributed by atoms with Crippen LogP contribution in [0.4, 0.5) is 4.39 Å². The Bertz CT molecular complexity index is 523. The van der Waals surface area contributed by atoms with Gasteiger partial charge in [-0.25, -0.2) is 4.39 Å². The monoisotopic (exact) mass is 274 g/mol. The lowest BCUT2D eigenvalue weighted by Crippen LogP contribution is -1.99. The molecule has 2 aromatic rings. The van der Waals surface area contributed by atoms with E-state index in [2.05, 4.69) is 31.2 Å². The lowest BCUT2D eigenvalue weighted by Gasteiger charge is -2.08. The Hall–Kier alpha value is -1.87. The first-order valence-corrected chi connectivity index (χ1v) is 6.69. The molecule has 0 aliphatic heterocycles. The molecule has 0 amide bonds. The van der Waals surface area contributed by atoms with E-state index in [4.69, 9.17) is 9.47 Å². The molecule has 0 saturated heterocycles. The summed E-state index contributed by atoms with van der Waals surface area (Å²) in [6.07, 6.45) is 0. The third-order valence-electron chi connectivity index (χ3n) is 2.90. The normalized spacial score (nSPS) is 10.5. The fraction of sp³-hybridized carbons (Fsp3) is 0.294. The Labute approximate surface area is 119 Å². The van der Waals surface area contributed by atoms with Gasteiger partial charge in [-0.1, -0.05) is 42.0 Å². The lowest BCUT2D eigenvalue weighted by molar-refractivity contribution is 0.107. The fourth-order valence-electron chi connectivity index (χ4n) is 1.85. The second-order valence-electron chi connectivity index (χ2n) is 4.66. The Morgan fingerprint density at radius 3 is 2.45 bits per heavy atom. The van der Waals surface area contributed by atoms with Crippen molar-refractivity contribution < 1.29 is 13.9 Å². The van der Waals surface area contributed by atoms with Gasteiger partial charge in [0, 0.05) is 0 Å². The smallest absolute Gasteiger partial charge is 0.123 e. The van der Waals surface area contributed by atoms with E-state index in [1.807, 2.05) is 24.3 Å². The number of ether oxygens (including phenoxy) is 2. The van der Waals surface area contributed by atoms with Gasteiger partial charge < -0.3 is 9.47 Å². The van der Waals surface area contributed by atoms with Gasteiger partial charge in [0.1, 0.15) is 19.0 Å². The van der Waals surface area contributed by atoms with Crippen molar-refractivity contribution >= 4 is 0 Å². The van der Waals surface area contributed by atoms with Crippen LogP contribution in [0.25, 0.3) is 0 Å². The van der Waals surface area contributed by atoms with Gasteiger partial charge in [-0.3, -0.25) is 0 Å². The summed E-state index contributed by atoms with van der Waals surface area (Å²) in [7, 11) is 0. The molecule has 2 nitrogen and oxygen atoms in total. The summed E-state index contributed by atoms with van der Waals surface area (Å²) < 4.78 is 23.0. The highest BCUT2D eigenvalue weighted by molar-refractivity contribution is 5.28. The van der Waals surface area contributed by atoms with E-state index in [9.17, 15) is 4.39 Å². The highest BCUT2D eigenvalue weighted by Crippen LogP contribution is 2.15. The minimum atomic E-state index is -0.478. The summed E-state index contributed by atoms with van der Waals surface area (Å²) in [4.78, 5) is 0. The number of benzene rings is 2. The molecular formula is C17H19FO2. The average Bonchev–Trinajstić information content (AvgIpc) is 2.48.